The number of fused-ring (bicyclic) bond motifs is 5. The van der Waals surface area contributed by atoms with E-state index in [2.05, 4.69) is 19.2 Å². The molecule has 17 heavy (non-hydrogen) atoms. The third-order valence-electron chi connectivity index (χ3n) is 4.48. The Balaban J connectivity index is 1.95. The highest BCUT2D eigenvalue weighted by Gasteiger charge is 2.68. The van der Waals surface area contributed by atoms with Crippen LogP contribution in [0.15, 0.2) is 0 Å². The fraction of sp³-hybridized carbons (Fsp3) is 1.00. The lowest BCUT2D eigenvalue weighted by Crippen LogP contribution is -2.52. The monoisotopic (exact) mass is 241 g/mol. The first-order chi connectivity index (χ1) is 7.78. The van der Waals surface area contributed by atoms with Crippen LogP contribution >= 0.6 is 0 Å². The van der Waals surface area contributed by atoms with Gasteiger partial charge in [0.25, 0.3) is 0 Å². The Hall–Kier alpha value is -0.160. The van der Waals surface area contributed by atoms with Crippen LogP contribution in [-0.2, 0) is 14.2 Å². The van der Waals surface area contributed by atoms with Gasteiger partial charge in [-0.15, -0.1) is 0 Å². The number of hydrogen-bond acceptors (Lipinski definition) is 4. The molecular weight excluding hydrogens is 218 g/mol. The molecule has 3 aliphatic rings. The first kappa shape index (κ1) is 11.9. The van der Waals surface area contributed by atoms with Crippen LogP contribution in [0.1, 0.15) is 40.5 Å². The summed E-state index contributed by atoms with van der Waals surface area (Å²) < 4.78 is 18.4. The van der Waals surface area contributed by atoms with Crippen LogP contribution < -0.4 is 5.32 Å². The van der Waals surface area contributed by atoms with Crippen LogP contribution in [0.2, 0.25) is 0 Å². The molecule has 0 aromatic heterocycles. The van der Waals surface area contributed by atoms with Crippen molar-refractivity contribution >= 4 is 0 Å². The van der Waals surface area contributed by atoms with Gasteiger partial charge in [-0.3, -0.25) is 0 Å². The summed E-state index contributed by atoms with van der Waals surface area (Å²) >= 11 is 0. The van der Waals surface area contributed by atoms with Crippen LogP contribution in [0.4, 0.5) is 0 Å². The van der Waals surface area contributed by atoms with Crippen molar-refractivity contribution in [1.82, 2.24) is 5.32 Å². The molecule has 0 spiro atoms. The minimum absolute atomic E-state index is 0.0563. The predicted octanol–water partition coefficient (Wildman–Crippen LogP) is 1.44. The van der Waals surface area contributed by atoms with Gasteiger partial charge in [-0.25, -0.2) is 0 Å². The van der Waals surface area contributed by atoms with E-state index in [1.807, 2.05) is 20.9 Å². The van der Waals surface area contributed by atoms with Crippen LogP contribution in [-0.4, -0.2) is 42.3 Å². The number of rotatable bonds is 1. The van der Waals surface area contributed by atoms with Crippen molar-refractivity contribution in [3.05, 3.63) is 0 Å². The minimum atomic E-state index is -0.478. The van der Waals surface area contributed by atoms with E-state index < -0.39 is 5.79 Å². The van der Waals surface area contributed by atoms with Crippen molar-refractivity contribution in [2.75, 3.05) is 7.05 Å². The van der Waals surface area contributed by atoms with Gasteiger partial charge in [0.15, 0.2) is 5.79 Å². The third-order valence-corrected chi connectivity index (χ3v) is 4.48. The lowest BCUT2D eigenvalue weighted by molar-refractivity contribution is -0.242. The van der Waals surface area contributed by atoms with Crippen molar-refractivity contribution in [3.8, 4) is 0 Å². The van der Waals surface area contributed by atoms with Crippen molar-refractivity contribution in [3.63, 3.8) is 0 Å². The Kier molecular flexibility index (Phi) is 2.26. The molecule has 3 rings (SSSR count). The average molecular weight is 241 g/mol. The van der Waals surface area contributed by atoms with E-state index in [9.17, 15) is 0 Å². The van der Waals surface area contributed by atoms with E-state index in [0.717, 1.165) is 12.8 Å². The first-order valence-corrected chi connectivity index (χ1v) is 6.51. The Labute approximate surface area is 103 Å². The number of ether oxygens (including phenoxy) is 3. The van der Waals surface area contributed by atoms with Crippen molar-refractivity contribution in [1.29, 1.82) is 0 Å². The highest BCUT2D eigenvalue weighted by molar-refractivity contribution is 5.15. The zero-order valence-electron chi connectivity index (χ0n) is 11.4. The molecule has 3 saturated heterocycles. The normalized spacial score (nSPS) is 55.9. The second-order valence-electron chi connectivity index (χ2n) is 6.60. The third kappa shape index (κ3) is 1.58. The molecule has 3 fully saturated rings. The summed E-state index contributed by atoms with van der Waals surface area (Å²) in [7, 11) is 2.02. The predicted molar refractivity (Wildman–Crippen MR) is 63.8 cm³/mol. The summed E-state index contributed by atoms with van der Waals surface area (Å²) in [5.41, 5.74) is -0.446. The van der Waals surface area contributed by atoms with E-state index in [1.165, 1.54) is 0 Å². The van der Waals surface area contributed by atoms with E-state index >= 15 is 0 Å². The first-order valence-electron chi connectivity index (χ1n) is 6.51. The molecule has 4 heteroatoms. The SMILES string of the molecule is CNC1CC2(C)O[C@@](C)(C1)C1OC(C)(C)OC12. The fourth-order valence-corrected chi connectivity index (χ4v) is 3.87. The molecule has 4 nitrogen and oxygen atoms in total. The van der Waals surface area contributed by atoms with E-state index in [0.29, 0.717) is 6.04 Å². The summed E-state index contributed by atoms with van der Waals surface area (Å²) in [6.07, 6.45) is 2.08. The van der Waals surface area contributed by atoms with Crippen molar-refractivity contribution in [2.45, 2.75) is 75.8 Å². The molecule has 98 valence electrons. The van der Waals surface area contributed by atoms with Crippen LogP contribution in [0.25, 0.3) is 0 Å². The summed E-state index contributed by atoms with van der Waals surface area (Å²) in [6.45, 7) is 8.29. The van der Waals surface area contributed by atoms with Gasteiger partial charge >= 0.3 is 0 Å². The maximum Gasteiger partial charge on any atom is 0.164 e. The second kappa shape index (κ2) is 3.23. The van der Waals surface area contributed by atoms with Crippen LogP contribution in [0.5, 0.6) is 0 Å². The molecule has 2 bridgehead atoms. The lowest BCUT2D eigenvalue weighted by atomic mass is 9.90. The van der Waals surface area contributed by atoms with Gasteiger partial charge in [-0.2, -0.15) is 0 Å². The highest BCUT2D eigenvalue weighted by atomic mass is 16.8. The van der Waals surface area contributed by atoms with Gasteiger partial charge in [0.1, 0.15) is 12.2 Å². The summed E-state index contributed by atoms with van der Waals surface area (Å²) in [5, 5.41) is 3.37. The Morgan fingerprint density at radius 2 is 1.41 bits per heavy atom. The lowest BCUT2D eigenvalue weighted by Gasteiger charge is -2.43. The molecule has 0 radical (unpaired) electrons. The van der Waals surface area contributed by atoms with Gasteiger partial charge in [0.2, 0.25) is 0 Å². The molecule has 0 amide bonds. The van der Waals surface area contributed by atoms with Gasteiger partial charge < -0.3 is 19.5 Å². The Bertz CT molecular complexity index is 318. The topological polar surface area (TPSA) is 39.7 Å². The second-order valence-corrected chi connectivity index (χ2v) is 6.60. The molecule has 5 atom stereocenters. The van der Waals surface area contributed by atoms with E-state index in [1.54, 1.807) is 0 Å². The largest absolute Gasteiger partial charge is 0.363 e. The summed E-state index contributed by atoms with van der Waals surface area (Å²) in [5.74, 6) is -0.478. The molecule has 0 aromatic carbocycles. The standard InChI is InChI=1S/C13H23NO3/c1-11(2)15-9-10(16-11)13(4)7-8(14-5)6-12(9,3)17-13/h8-10,14H,6-7H2,1-5H3/t8?,9?,10?,12-,13?/m0/s1. The maximum atomic E-state index is 6.27. The number of nitrogens with one attached hydrogen (secondary N) is 1. The van der Waals surface area contributed by atoms with Gasteiger partial charge in [0, 0.05) is 6.04 Å². The van der Waals surface area contributed by atoms with E-state index in [-0.39, 0.29) is 23.4 Å². The molecule has 0 aromatic rings. The molecular formula is C13H23NO3. The minimum Gasteiger partial charge on any atom is -0.363 e. The van der Waals surface area contributed by atoms with Gasteiger partial charge in [-0.1, -0.05) is 0 Å². The van der Waals surface area contributed by atoms with Crippen molar-refractivity contribution in [2.24, 2.45) is 0 Å². The maximum absolute atomic E-state index is 6.27. The molecule has 3 heterocycles. The Morgan fingerprint density at radius 3 is 1.82 bits per heavy atom. The molecule has 4 unspecified atom stereocenters. The average Bonchev–Trinajstić information content (AvgIpc) is 2.60. The highest BCUT2D eigenvalue weighted by Crippen LogP contribution is 2.55. The molecule has 3 aliphatic heterocycles. The van der Waals surface area contributed by atoms with Gasteiger partial charge in [-0.05, 0) is 47.6 Å². The number of hydrogen-bond donors (Lipinski definition) is 1. The van der Waals surface area contributed by atoms with Crippen molar-refractivity contribution < 1.29 is 14.2 Å². The van der Waals surface area contributed by atoms with E-state index in [4.69, 9.17) is 14.2 Å². The fourth-order valence-electron chi connectivity index (χ4n) is 3.87. The van der Waals surface area contributed by atoms with Crippen LogP contribution in [0.3, 0.4) is 0 Å². The summed E-state index contributed by atoms with van der Waals surface area (Å²) in [4.78, 5) is 0. The zero-order valence-corrected chi connectivity index (χ0v) is 11.4. The summed E-state index contributed by atoms with van der Waals surface area (Å²) in [6, 6.07) is 0.486. The molecule has 0 aliphatic carbocycles. The Morgan fingerprint density at radius 1 is 0.941 bits per heavy atom. The molecule has 0 saturated carbocycles. The zero-order chi connectivity index (χ0) is 12.5. The quantitative estimate of drug-likeness (QED) is 0.754. The molecule has 1 N–H and O–H groups in total. The van der Waals surface area contributed by atoms with Crippen LogP contribution in [0, 0.1) is 0 Å². The smallest absolute Gasteiger partial charge is 0.164 e. The van der Waals surface area contributed by atoms with Gasteiger partial charge in [0.05, 0.1) is 11.2 Å².